The van der Waals surface area contributed by atoms with Gasteiger partial charge in [-0.1, -0.05) is 145 Å². The second-order valence-electron chi connectivity index (χ2n) is 14.6. The number of hydrogen-bond donors (Lipinski definition) is 0. The zero-order valence-corrected chi connectivity index (χ0v) is 35.2. The molecule has 0 saturated carbocycles. The predicted octanol–water partition coefficient (Wildman–Crippen LogP) is 10.8. The number of rotatable bonds is 20. The zero-order chi connectivity index (χ0) is 41.5. The van der Waals surface area contributed by atoms with E-state index in [0.29, 0.717) is 61.5 Å². The Morgan fingerprint density at radius 2 is 1.02 bits per heavy atom. The second kappa shape index (κ2) is 21.9. The largest absolute Gasteiger partial charge is 0.494 e. The van der Waals surface area contributed by atoms with Crippen molar-refractivity contribution in [1.29, 1.82) is 0 Å². The first-order valence-corrected chi connectivity index (χ1v) is 20.8. The molecular weight excluding hydrogens is 776 g/mol. The smallest absolute Gasteiger partial charge is 0.180 e. The van der Waals surface area contributed by atoms with E-state index >= 15 is 0 Å². The van der Waals surface area contributed by atoms with Crippen LogP contribution in [0, 0.1) is 0 Å². The first-order chi connectivity index (χ1) is 29.5. The van der Waals surface area contributed by atoms with Gasteiger partial charge in [-0.05, 0) is 64.9 Å². The van der Waals surface area contributed by atoms with Crippen molar-refractivity contribution in [3.8, 4) is 17.2 Å². The van der Waals surface area contributed by atoms with Gasteiger partial charge in [-0.25, -0.2) is 0 Å². The van der Waals surface area contributed by atoms with Crippen LogP contribution in [0.25, 0.3) is 0 Å². The third-order valence-electron chi connectivity index (χ3n) is 10.5. The van der Waals surface area contributed by atoms with Gasteiger partial charge in [-0.3, -0.25) is 0 Å². The van der Waals surface area contributed by atoms with Crippen molar-refractivity contribution in [2.75, 3.05) is 27.4 Å². The first-order valence-electron chi connectivity index (χ1n) is 20.4. The summed E-state index contributed by atoms with van der Waals surface area (Å²) in [5.41, 5.74) is 6.69. The SMILES string of the molecule is CCOc1ccc(Cc2cc(C3OC(COCc4ccccc4)C(OCc4ccccc4)C(OCc4ccccc4)C3OCc3ccccc3)c(OC)c(OC)c2Cl)cc1. The van der Waals surface area contributed by atoms with E-state index in [0.717, 1.165) is 39.1 Å². The van der Waals surface area contributed by atoms with Crippen molar-refractivity contribution in [3.63, 3.8) is 0 Å². The summed E-state index contributed by atoms with van der Waals surface area (Å²) < 4.78 is 52.6. The molecule has 0 radical (unpaired) electrons. The standard InChI is InChI=1S/C51H53ClO8/c1-4-56-42-27-25-36(26-28-42)29-41-30-43(46(53-2)49(54-3)45(41)52)47-50(58-33-39-21-13-7-14-22-39)51(59-34-40-23-15-8-16-24-40)48(57-32-38-19-11-6-12-20-38)44(60-47)35-55-31-37-17-9-5-10-18-37/h5-28,30,44,47-48,50-51H,4,29,31-35H2,1-3H3. The number of ether oxygens (including phenoxy) is 8. The van der Waals surface area contributed by atoms with E-state index in [1.165, 1.54) is 0 Å². The molecule has 1 fully saturated rings. The quantitative estimate of drug-likeness (QED) is 0.0753. The van der Waals surface area contributed by atoms with E-state index in [9.17, 15) is 0 Å². The summed E-state index contributed by atoms with van der Waals surface area (Å²) in [4.78, 5) is 0. The number of halogens is 1. The third kappa shape index (κ3) is 11.1. The molecule has 5 atom stereocenters. The van der Waals surface area contributed by atoms with Crippen molar-refractivity contribution in [3.05, 3.63) is 196 Å². The molecule has 1 saturated heterocycles. The van der Waals surface area contributed by atoms with Gasteiger partial charge in [-0.15, -0.1) is 0 Å². The van der Waals surface area contributed by atoms with Gasteiger partial charge in [0, 0.05) is 5.56 Å². The van der Waals surface area contributed by atoms with Gasteiger partial charge in [0.25, 0.3) is 0 Å². The molecule has 1 heterocycles. The fourth-order valence-electron chi connectivity index (χ4n) is 7.56. The Labute approximate surface area is 358 Å². The fraction of sp³-hybridized carbons (Fsp3) is 0.294. The molecular formula is C51H53ClO8. The molecule has 5 unspecified atom stereocenters. The number of methoxy groups -OCH3 is 2. The number of benzene rings is 6. The molecule has 312 valence electrons. The van der Waals surface area contributed by atoms with Gasteiger partial charge < -0.3 is 37.9 Å². The highest BCUT2D eigenvalue weighted by molar-refractivity contribution is 6.33. The normalized spacial score (nSPS) is 18.8. The summed E-state index contributed by atoms with van der Waals surface area (Å²) in [5, 5.41) is 0.452. The molecule has 6 aromatic rings. The minimum atomic E-state index is -0.739. The topological polar surface area (TPSA) is 73.8 Å². The third-order valence-corrected chi connectivity index (χ3v) is 10.9. The van der Waals surface area contributed by atoms with Crippen LogP contribution in [0.4, 0.5) is 0 Å². The molecule has 9 heteroatoms. The Bertz CT molecular complexity index is 2170. The summed E-state index contributed by atoms with van der Waals surface area (Å²) in [6.07, 6.45) is -2.76. The van der Waals surface area contributed by atoms with Crippen LogP contribution in [0.2, 0.25) is 5.02 Å². The van der Waals surface area contributed by atoms with E-state index in [1.807, 2.05) is 146 Å². The molecule has 0 spiro atoms. The summed E-state index contributed by atoms with van der Waals surface area (Å²) in [6, 6.07) is 50.5. The second-order valence-corrected chi connectivity index (χ2v) is 15.0. The summed E-state index contributed by atoms with van der Waals surface area (Å²) in [7, 11) is 3.21. The molecule has 0 amide bonds. The van der Waals surface area contributed by atoms with E-state index in [4.69, 9.17) is 49.5 Å². The average Bonchev–Trinajstić information content (AvgIpc) is 3.29. The maximum atomic E-state index is 7.27. The lowest BCUT2D eigenvalue weighted by atomic mass is 9.88. The zero-order valence-electron chi connectivity index (χ0n) is 34.4. The van der Waals surface area contributed by atoms with Crippen LogP contribution in [-0.2, 0) is 56.5 Å². The maximum Gasteiger partial charge on any atom is 0.180 e. The molecule has 1 aliphatic heterocycles. The van der Waals surface area contributed by atoms with E-state index in [-0.39, 0.29) is 6.61 Å². The highest BCUT2D eigenvalue weighted by Crippen LogP contribution is 2.48. The van der Waals surface area contributed by atoms with Gasteiger partial charge in [0.15, 0.2) is 11.5 Å². The molecule has 8 nitrogen and oxygen atoms in total. The molecule has 6 aromatic carbocycles. The van der Waals surface area contributed by atoms with Crippen LogP contribution in [0.15, 0.2) is 152 Å². The lowest BCUT2D eigenvalue weighted by Gasteiger charge is -2.46. The van der Waals surface area contributed by atoms with E-state index in [1.54, 1.807) is 14.2 Å². The van der Waals surface area contributed by atoms with Crippen molar-refractivity contribution < 1.29 is 37.9 Å². The fourth-order valence-corrected chi connectivity index (χ4v) is 7.84. The van der Waals surface area contributed by atoms with Crippen LogP contribution in [-0.4, -0.2) is 51.8 Å². The first kappa shape index (κ1) is 42.9. The van der Waals surface area contributed by atoms with E-state index in [2.05, 4.69) is 12.1 Å². The van der Waals surface area contributed by atoms with Crippen molar-refractivity contribution in [1.82, 2.24) is 0 Å². The summed E-state index contributed by atoms with van der Waals surface area (Å²) in [6.45, 7) is 4.11. The highest BCUT2D eigenvalue weighted by Gasteiger charge is 2.50. The predicted molar refractivity (Wildman–Crippen MR) is 234 cm³/mol. The van der Waals surface area contributed by atoms with Gasteiger partial charge in [0.2, 0.25) is 0 Å². The number of hydrogen-bond acceptors (Lipinski definition) is 8. The summed E-state index contributed by atoms with van der Waals surface area (Å²) in [5.74, 6) is 1.66. The van der Waals surface area contributed by atoms with Gasteiger partial charge in [-0.2, -0.15) is 0 Å². The Hall–Kier alpha value is -5.19. The van der Waals surface area contributed by atoms with Crippen LogP contribution in [0.1, 0.15) is 52.0 Å². The van der Waals surface area contributed by atoms with Gasteiger partial charge in [0.05, 0.1) is 58.9 Å². The van der Waals surface area contributed by atoms with Gasteiger partial charge >= 0.3 is 0 Å². The van der Waals surface area contributed by atoms with E-state index < -0.39 is 30.5 Å². The Kier molecular flexibility index (Phi) is 15.7. The molecule has 0 aliphatic carbocycles. The molecule has 0 aromatic heterocycles. The Balaban J connectivity index is 1.33. The lowest BCUT2D eigenvalue weighted by molar-refractivity contribution is -0.275. The molecule has 0 N–H and O–H groups in total. The Morgan fingerprint density at radius 3 is 1.52 bits per heavy atom. The molecule has 0 bridgehead atoms. The molecule has 1 aliphatic rings. The van der Waals surface area contributed by atoms with Crippen LogP contribution in [0.5, 0.6) is 17.2 Å². The van der Waals surface area contributed by atoms with Crippen molar-refractivity contribution >= 4 is 11.6 Å². The van der Waals surface area contributed by atoms with Crippen molar-refractivity contribution in [2.45, 2.75) is 70.3 Å². The van der Waals surface area contributed by atoms with Gasteiger partial charge in [0.1, 0.15) is 36.3 Å². The maximum absolute atomic E-state index is 7.27. The molecule has 60 heavy (non-hydrogen) atoms. The monoisotopic (exact) mass is 828 g/mol. The van der Waals surface area contributed by atoms with Crippen LogP contribution in [0.3, 0.4) is 0 Å². The Morgan fingerprint density at radius 1 is 0.533 bits per heavy atom. The van der Waals surface area contributed by atoms with Crippen molar-refractivity contribution in [2.24, 2.45) is 0 Å². The van der Waals surface area contributed by atoms with Crippen LogP contribution < -0.4 is 14.2 Å². The minimum absolute atomic E-state index is 0.216. The summed E-state index contributed by atoms with van der Waals surface area (Å²) >= 11 is 7.17. The lowest BCUT2D eigenvalue weighted by Crippen LogP contribution is -2.58. The highest BCUT2D eigenvalue weighted by atomic mass is 35.5. The average molecular weight is 829 g/mol. The van der Waals surface area contributed by atoms with Crippen LogP contribution >= 0.6 is 11.6 Å². The minimum Gasteiger partial charge on any atom is -0.494 e. The molecule has 7 rings (SSSR count).